The Labute approximate surface area is 186 Å². The van der Waals surface area contributed by atoms with Crippen LogP contribution in [0.5, 0.6) is 0 Å². The van der Waals surface area contributed by atoms with Gasteiger partial charge < -0.3 is 5.32 Å². The van der Waals surface area contributed by atoms with E-state index in [1.165, 1.54) is 18.2 Å². The highest BCUT2D eigenvalue weighted by molar-refractivity contribution is 7.92. The van der Waals surface area contributed by atoms with E-state index in [0.29, 0.717) is 23.7 Å². The zero-order chi connectivity index (χ0) is 21.7. The molecule has 0 saturated carbocycles. The highest BCUT2D eigenvalue weighted by atomic mass is 35.5. The van der Waals surface area contributed by atoms with Crippen LogP contribution in [-0.4, -0.2) is 20.9 Å². The number of nitrogens with one attached hydrogen (secondary N) is 2. The summed E-state index contributed by atoms with van der Waals surface area (Å²) >= 11 is 12.0. The van der Waals surface area contributed by atoms with Gasteiger partial charge in [-0.3, -0.25) is 9.52 Å². The smallest absolute Gasteiger partial charge is 0.263 e. The zero-order valence-electron chi connectivity index (χ0n) is 16.2. The summed E-state index contributed by atoms with van der Waals surface area (Å²) in [6.07, 6.45) is 0.622. The molecule has 1 amide bonds. The summed E-state index contributed by atoms with van der Waals surface area (Å²) in [5.41, 5.74) is 2.57. The first-order chi connectivity index (χ1) is 14.2. The molecule has 0 unspecified atom stereocenters. The van der Waals surface area contributed by atoms with Crippen molar-refractivity contribution < 1.29 is 13.2 Å². The number of sulfonamides is 1. The van der Waals surface area contributed by atoms with Crippen LogP contribution in [0, 0.1) is 6.92 Å². The normalized spacial score (nSPS) is 11.2. The van der Waals surface area contributed by atoms with E-state index in [0.717, 1.165) is 11.1 Å². The quantitative estimate of drug-likeness (QED) is 0.514. The van der Waals surface area contributed by atoms with Gasteiger partial charge in [0.25, 0.3) is 15.9 Å². The Balaban J connectivity index is 1.71. The van der Waals surface area contributed by atoms with Gasteiger partial charge in [-0.2, -0.15) is 0 Å². The Bertz CT molecular complexity index is 1160. The van der Waals surface area contributed by atoms with E-state index in [2.05, 4.69) is 10.0 Å². The molecule has 0 radical (unpaired) electrons. The first-order valence-corrected chi connectivity index (χ1v) is 11.4. The lowest BCUT2D eigenvalue weighted by atomic mass is 10.1. The van der Waals surface area contributed by atoms with Gasteiger partial charge in [0.2, 0.25) is 0 Å². The van der Waals surface area contributed by atoms with Crippen LogP contribution in [0.1, 0.15) is 21.5 Å². The molecule has 30 heavy (non-hydrogen) atoms. The first kappa shape index (κ1) is 22.2. The predicted molar refractivity (Wildman–Crippen MR) is 121 cm³/mol. The number of rotatable bonds is 7. The van der Waals surface area contributed by atoms with Gasteiger partial charge in [0.1, 0.15) is 4.90 Å². The van der Waals surface area contributed by atoms with Crippen molar-refractivity contribution in [3.63, 3.8) is 0 Å². The third kappa shape index (κ3) is 5.75. The molecule has 3 rings (SSSR count). The van der Waals surface area contributed by atoms with Crippen LogP contribution in [0.15, 0.2) is 71.6 Å². The van der Waals surface area contributed by atoms with Gasteiger partial charge in [0.15, 0.2) is 0 Å². The number of carbonyl (C=O) groups is 1. The fourth-order valence-electron chi connectivity index (χ4n) is 2.84. The molecule has 3 aromatic carbocycles. The van der Waals surface area contributed by atoms with Crippen molar-refractivity contribution in [3.8, 4) is 0 Å². The van der Waals surface area contributed by atoms with Crippen LogP contribution in [0.2, 0.25) is 10.0 Å². The maximum absolute atomic E-state index is 12.8. The number of hydrogen-bond donors (Lipinski definition) is 2. The third-order valence-corrected chi connectivity index (χ3v) is 6.48. The van der Waals surface area contributed by atoms with Gasteiger partial charge >= 0.3 is 0 Å². The minimum Gasteiger partial charge on any atom is -0.352 e. The van der Waals surface area contributed by atoms with Gasteiger partial charge in [-0.15, -0.1) is 0 Å². The number of halogens is 2. The maximum Gasteiger partial charge on any atom is 0.263 e. The second-order valence-electron chi connectivity index (χ2n) is 6.75. The number of benzene rings is 3. The molecule has 0 aliphatic heterocycles. The SMILES string of the molecule is Cc1cccc(NS(=O)(=O)c2cc(C(=O)NCCc3ccc(Cl)cc3)ccc2Cl)c1. The molecule has 0 aliphatic carbocycles. The van der Waals surface area contributed by atoms with Crippen molar-refractivity contribution in [1.29, 1.82) is 0 Å². The van der Waals surface area contributed by atoms with Crippen molar-refractivity contribution in [1.82, 2.24) is 5.32 Å². The summed E-state index contributed by atoms with van der Waals surface area (Å²) in [5.74, 6) is -0.382. The van der Waals surface area contributed by atoms with Crippen LogP contribution >= 0.6 is 23.2 Å². The van der Waals surface area contributed by atoms with E-state index >= 15 is 0 Å². The first-order valence-electron chi connectivity index (χ1n) is 9.16. The van der Waals surface area contributed by atoms with E-state index in [1.54, 1.807) is 30.3 Å². The number of aryl methyl sites for hydroxylation is 1. The van der Waals surface area contributed by atoms with Crippen molar-refractivity contribution in [3.05, 3.63) is 93.5 Å². The third-order valence-electron chi connectivity index (χ3n) is 4.37. The van der Waals surface area contributed by atoms with Crippen LogP contribution in [0.3, 0.4) is 0 Å². The largest absolute Gasteiger partial charge is 0.352 e. The summed E-state index contributed by atoms with van der Waals surface area (Å²) in [7, 11) is -3.96. The lowest BCUT2D eigenvalue weighted by Gasteiger charge is -2.12. The Morgan fingerprint density at radius 1 is 0.967 bits per heavy atom. The van der Waals surface area contributed by atoms with E-state index in [4.69, 9.17) is 23.2 Å². The molecular weight excluding hydrogens is 443 g/mol. The average Bonchev–Trinajstić information content (AvgIpc) is 2.69. The molecule has 8 heteroatoms. The molecule has 0 aromatic heterocycles. The second kappa shape index (κ2) is 9.51. The Hall–Kier alpha value is -2.54. The maximum atomic E-state index is 12.8. The zero-order valence-corrected chi connectivity index (χ0v) is 18.5. The number of anilines is 1. The van der Waals surface area contributed by atoms with E-state index in [-0.39, 0.29) is 21.4 Å². The van der Waals surface area contributed by atoms with Gasteiger partial charge in [0.05, 0.1) is 5.02 Å². The summed E-state index contributed by atoms with van der Waals surface area (Å²) in [5, 5.41) is 3.47. The van der Waals surface area contributed by atoms with Gasteiger partial charge in [-0.25, -0.2) is 8.42 Å². The van der Waals surface area contributed by atoms with Crippen molar-refractivity contribution in [2.75, 3.05) is 11.3 Å². The van der Waals surface area contributed by atoms with E-state index < -0.39 is 10.0 Å². The van der Waals surface area contributed by atoms with Gasteiger partial charge in [-0.1, -0.05) is 47.5 Å². The molecule has 3 aromatic rings. The number of amides is 1. The molecule has 0 heterocycles. The molecule has 5 nitrogen and oxygen atoms in total. The lowest BCUT2D eigenvalue weighted by Crippen LogP contribution is -2.26. The lowest BCUT2D eigenvalue weighted by molar-refractivity contribution is 0.0954. The van der Waals surface area contributed by atoms with Crippen LogP contribution in [0.4, 0.5) is 5.69 Å². The fraction of sp³-hybridized carbons (Fsp3) is 0.136. The molecule has 0 bridgehead atoms. The van der Waals surface area contributed by atoms with Crippen LogP contribution in [0.25, 0.3) is 0 Å². The van der Waals surface area contributed by atoms with Crippen molar-refractivity contribution in [2.24, 2.45) is 0 Å². The highest BCUT2D eigenvalue weighted by Crippen LogP contribution is 2.25. The van der Waals surface area contributed by atoms with Gasteiger partial charge in [0, 0.05) is 22.8 Å². The van der Waals surface area contributed by atoms with Crippen LogP contribution < -0.4 is 10.0 Å². The van der Waals surface area contributed by atoms with Crippen LogP contribution in [-0.2, 0) is 16.4 Å². The Morgan fingerprint density at radius 3 is 2.40 bits per heavy atom. The summed E-state index contributed by atoms with van der Waals surface area (Å²) < 4.78 is 28.1. The molecule has 2 N–H and O–H groups in total. The minimum absolute atomic E-state index is 0.0351. The molecule has 0 spiro atoms. The van der Waals surface area contributed by atoms with E-state index in [1.807, 2.05) is 25.1 Å². The Morgan fingerprint density at radius 2 is 1.70 bits per heavy atom. The van der Waals surface area contributed by atoms with Crippen molar-refractivity contribution >= 4 is 44.8 Å². The standard InChI is InChI=1S/C22H20Cl2N2O3S/c1-15-3-2-4-19(13-15)26-30(28,29)21-14-17(7-10-20(21)24)22(27)25-12-11-16-5-8-18(23)9-6-16/h2-10,13-14,26H,11-12H2,1H3,(H,25,27). The topological polar surface area (TPSA) is 75.3 Å². The second-order valence-corrected chi connectivity index (χ2v) is 9.25. The number of hydrogen-bond acceptors (Lipinski definition) is 3. The monoisotopic (exact) mass is 462 g/mol. The fourth-order valence-corrected chi connectivity index (χ4v) is 4.55. The van der Waals surface area contributed by atoms with Gasteiger partial charge in [-0.05, 0) is 66.9 Å². The minimum atomic E-state index is -3.96. The summed E-state index contributed by atoms with van der Waals surface area (Å²) in [4.78, 5) is 12.3. The average molecular weight is 463 g/mol. The predicted octanol–water partition coefficient (Wildman–Crippen LogP) is 5.08. The molecule has 156 valence electrons. The molecule has 0 saturated heterocycles. The molecule has 0 fully saturated rings. The van der Waals surface area contributed by atoms with E-state index in [9.17, 15) is 13.2 Å². The molecule has 0 atom stereocenters. The summed E-state index contributed by atoms with van der Waals surface area (Å²) in [6.45, 7) is 2.26. The Kier molecular flexibility index (Phi) is 7.02. The molecule has 0 aliphatic rings. The number of carbonyl (C=O) groups excluding carboxylic acids is 1. The summed E-state index contributed by atoms with van der Waals surface area (Å²) in [6, 6.07) is 18.5. The molecular formula is C22H20Cl2N2O3S. The van der Waals surface area contributed by atoms with Crippen molar-refractivity contribution in [2.45, 2.75) is 18.2 Å². The highest BCUT2D eigenvalue weighted by Gasteiger charge is 2.20.